The zero-order chi connectivity index (χ0) is 17.0. The predicted octanol–water partition coefficient (Wildman–Crippen LogP) is 3.28. The van der Waals surface area contributed by atoms with Crippen molar-refractivity contribution in [3.05, 3.63) is 59.4 Å². The Morgan fingerprint density at radius 2 is 1.74 bits per heavy atom. The van der Waals surface area contributed by atoms with Crippen LogP contribution in [0.15, 0.2) is 47.4 Å². The fourth-order valence-electron chi connectivity index (χ4n) is 1.90. The molecule has 0 bridgehead atoms. The van der Waals surface area contributed by atoms with Crippen LogP contribution in [-0.4, -0.2) is 15.5 Å². The highest BCUT2D eigenvalue weighted by Gasteiger charge is 2.14. The number of hydrogen-bond donors (Lipinski definition) is 2. The van der Waals surface area contributed by atoms with Gasteiger partial charge in [0.1, 0.15) is 5.82 Å². The lowest BCUT2D eigenvalue weighted by Crippen LogP contribution is -2.18. The Labute approximate surface area is 132 Å². The first-order chi connectivity index (χ1) is 10.8. The van der Waals surface area contributed by atoms with Crippen molar-refractivity contribution in [2.24, 2.45) is 0 Å². The first-order valence-corrected chi connectivity index (χ1v) is 8.16. The van der Waals surface area contributed by atoms with Crippen LogP contribution in [0.25, 0.3) is 0 Å². The maximum atomic E-state index is 13.9. The molecular weight excluding hydrogens is 329 g/mol. The number of anilines is 1. The van der Waals surface area contributed by atoms with E-state index in [0.29, 0.717) is 5.56 Å². The van der Waals surface area contributed by atoms with Crippen LogP contribution in [0.1, 0.15) is 17.6 Å². The molecule has 0 aromatic heterocycles. The number of sulfonamides is 1. The molecule has 0 aliphatic rings. The quantitative estimate of drug-likeness (QED) is 0.845. The van der Waals surface area contributed by atoms with Crippen LogP contribution in [0.5, 0.6) is 0 Å². The van der Waals surface area contributed by atoms with Gasteiger partial charge in [0.25, 0.3) is 6.43 Å². The molecule has 0 amide bonds. The molecule has 4 nitrogen and oxygen atoms in total. The molecule has 8 heteroatoms. The van der Waals surface area contributed by atoms with Gasteiger partial charge in [-0.25, -0.2) is 26.3 Å². The van der Waals surface area contributed by atoms with E-state index in [4.69, 9.17) is 0 Å². The number of benzene rings is 2. The lowest BCUT2D eigenvalue weighted by molar-refractivity contribution is 0.151. The molecule has 124 valence electrons. The molecule has 0 aliphatic carbocycles. The van der Waals surface area contributed by atoms with Crippen molar-refractivity contribution in [3.8, 4) is 0 Å². The van der Waals surface area contributed by atoms with Crippen molar-refractivity contribution in [2.45, 2.75) is 17.9 Å². The highest BCUT2D eigenvalue weighted by atomic mass is 32.2. The molecule has 2 rings (SSSR count). The summed E-state index contributed by atoms with van der Waals surface area (Å²) >= 11 is 0. The molecule has 0 spiro atoms. The fourth-order valence-corrected chi connectivity index (χ4v) is 2.64. The molecule has 0 aliphatic heterocycles. The number of nitrogens with one attached hydrogen (secondary N) is 2. The highest BCUT2D eigenvalue weighted by molar-refractivity contribution is 7.89. The van der Waals surface area contributed by atoms with Crippen LogP contribution in [0.4, 0.5) is 18.9 Å². The Balaban J connectivity index is 2.09. The number of rotatable bonds is 6. The van der Waals surface area contributed by atoms with Crippen LogP contribution in [0.2, 0.25) is 0 Å². The van der Waals surface area contributed by atoms with Crippen LogP contribution in [0, 0.1) is 5.82 Å². The van der Waals surface area contributed by atoms with Crippen molar-refractivity contribution < 1.29 is 21.6 Å². The summed E-state index contributed by atoms with van der Waals surface area (Å²) in [6, 6.07) is 9.15. The minimum atomic E-state index is -3.71. The van der Waals surface area contributed by atoms with Crippen LogP contribution in [0.3, 0.4) is 0 Å². The van der Waals surface area contributed by atoms with Gasteiger partial charge in [-0.15, -0.1) is 0 Å². The Morgan fingerprint density at radius 1 is 1.09 bits per heavy atom. The molecule has 2 aromatic carbocycles. The SMILES string of the molecule is CNS(=O)(=O)c1ccc(NCc2ccc(C(F)F)cc2)c(F)c1. The van der Waals surface area contributed by atoms with E-state index in [-0.39, 0.29) is 22.7 Å². The summed E-state index contributed by atoms with van der Waals surface area (Å²) in [6.07, 6.45) is -2.53. The van der Waals surface area contributed by atoms with E-state index in [1.165, 1.54) is 43.4 Å². The molecule has 0 radical (unpaired) electrons. The normalized spacial score (nSPS) is 11.7. The van der Waals surface area contributed by atoms with E-state index in [9.17, 15) is 21.6 Å². The van der Waals surface area contributed by atoms with E-state index in [1.54, 1.807) is 0 Å². The fraction of sp³-hybridized carbons (Fsp3) is 0.200. The smallest absolute Gasteiger partial charge is 0.263 e. The highest BCUT2D eigenvalue weighted by Crippen LogP contribution is 2.21. The minimum absolute atomic E-state index is 0.0819. The van der Waals surface area contributed by atoms with Gasteiger partial charge in [0.05, 0.1) is 10.6 Å². The van der Waals surface area contributed by atoms with Gasteiger partial charge in [-0.1, -0.05) is 24.3 Å². The molecule has 0 atom stereocenters. The van der Waals surface area contributed by atoms with E-state index in [1.807, 2.05) is 0 Å². The second-order valence-electron chi connectivity index (χ2n) is 4.75. The average Bonchev–Trinajstić information content (AvgIpc) is 2.54. The Morgan fingerprint density at radius 3 is 2.26 bits per heavy atom. The van der Waals surface area contributed by atoms with Gasteiger partial charge in [-0.3, -0.25) is 0 Å². The van der Waals surface area contributed by atoms with Crippen molar-refractivity contribution in [1.29, 1.82) is 0 Å². The van der Waals surface area contributed by atoms with Gasteiger partial charge in [-0.2, -0.15) is 0 Å². The summed E-state index contributed by atoms with van der Waals surface area (Å²) in [4.78, 5) is -0.177. The number of alkyl halides is 2. The van der Waals surface area contributed by atoms with Crippen LogP contribution < -0.4 is 10.0 Å². The Kier molecular flexibility index (Phi) is 5.27. The molecule has 0 heterocycles. The topological polar surface area (TPSA) is 58.2 Å². The Hall–Kier alpha value is -2.06. The molecule has 0 saturated carbocycles. The van der Waals surface area contributed by atoms with Crippen molar-refractivity contribution in [3.63, 3.8) is 0 Å². The summed E-state index contributed by atoms with van der Waals surface area (Å²) in [5, 5.41) is 2.80. The summed E-state index contributed by atoms with van der Waals surface area (Å²) in [5.41, 5.74) is 0.736. The van der Waals surface area contributed by atoms with Crippen LogP contribution in [-0.2, 0) is 16.6 Å². The third-order valence-electron chi connectivity index (χ3n) is 3.23. The zero-order valence-electron chi connectivity index (χ0n) is 12.2. The van der Waals surface area contributed by atoms with Gasteiger partial charge in [0.2, 0.25) is 10.0 Å². The monoisotopic (exact) mass is 344 g/mol. The number of hydrogen-bond acceptors (Lipinski definition) is 3. The molecule has 2 N–H and O–H groups in total. The largest absolute Gasteiger partial charge is 0.379 e. The second-order valence-corrected chi connectivity index (χ2v) is 6.63. The molecule has 0 unspecified atom stereocenters. The molecule has 2 aromatic rings. The third-order valence-corrected chi connectivity index (χ3v) is 4.65. The summed E-state index contributed by atoms with van der Waals surface area (Å²) in [6.45, 7) is 0.221. The van der Waals surface area contributed by atoms with Gasteiger partial charge < -0.3 is 5.32 Å². The van der Waals surface area contributed by atoms with Gasteiger partial charge in [0, 0.05) is 12.1 Å². The summed E-state index contributed by atoms with van der Waals surface area (Å²) in [5.74, 6) is -0.717. The maximum absolute atomic E-state index is 13.9. The number of halogens is 3. The third kappa shape index (κ3) is 4.23. The first-order valence-electron chi connectivity index (χ1n) is 6.67. The average molecular weight is 344 g/mol. The van der Waals surface area contributed by atoms with Gasteiger partial charge >= 0.3 is 0 Å². The van der Waals surface area contributed by atoms with E-state index >= 15 is 0 Å². The minimum Gasteiger partial charge on any atom is -0.379 e. The second kappa shape index (κ2) is 7.01. The summed E-state index contributed by atoms with van der Waals surface area (Å²) in [7, 11) is -2.47. The lowest BCUT2D eigenvalue weighted by atomic mass is 10.1. The Bertz CT molecular complexity index is 778. The van der Waals surface area contributed by atoms with E-state index < -0.39 is 22.3 Å². The molecule has 23 heavy (non-hydrogen) atoms. The van der Waals surface area contributed by atoms with E-state index in [0.717, 1.165) is 6.07 Å². The lowest BCUT2D eigenvalue weighted by Gasteiger charge is -2.10. The maximum Gasteiger partial charge on any atom is 0.263 e. The standard InChI is InChI=1S/C15H15F3N2O2S/c1-19-23(21,22)12-6-7-14(13(16)8-12)20-9-10-2-4-11(5-3-10)15(17)18/h2-8,15,19-20H,9H2,1H3. The van der Waals surface area contributed by atoms with E-state index in [2.05, 4.69) is 10.0 Å². The van der Waals surface area contributed by atoms with Crippen molar-refractivity contribution in [2.75, 3.05) is 12.4 Å². The van der Waals surface area contributed by atoms with Crippen molar-refractivity contribution in [1.82, 2.24) is 4.72 Å². The van der Waals surface area contributed by atoms with Crippen LogP contribution >= 0.6 is 0 Å². The summed E-state index contributed by atoms with van der Waals surface area (Å²) < 4.78 is 64.1. The molecule has 0 fully saturated rings. The predicted molar refractivity (Wildman–Crippen MR) is 81.4 cm³/mol. The first kappa shape index (κ1) is 17.3. The van der Waals surface area contributed by atoms with Crippen molar-refractivity contribution >= 4 is 15.7 Å². The molecule has 0 saturated heterocycles. The van der Waals surface area contributed by atoms with Gasteiger partial charge in [0.15, 0.2) is 0 Å². The van der Waals surface area contributed by atoms with Gasteiger partial charge in [-0.05, 0) is 30.8 Å². The zero-order valence-corrected chi connectivity index (χ0v) is 13.0. The molecular formula is C15H15F3N2O2S.